The average molecular weight is 565 g/mol. The van der Waals surface area contributed by atoms with Crippen LogP contribution >= 0.6 is 0 Å². The smallest absolute Gasteiger partial charge is 0.305 e. The van der Waals surface area contributed by atoms with Crippen LogP contribution in [0.4, 0.5) is 0 Å². The predicted molar refractivity (Wildman–Crippen MR) is 155 cm³/mol. The van der Waals surface area contributed by atoms with Crippen LogP contribution in [0.15, 0.2) is 91.0 Å². The van der Waals surface area contributed by atoms with Crippen LogP contribution in [0.2, 0.25) is 0 Å². The number of carbonyl (C=O) groups excluding carboxylic acids is 1. The molecular formula is C33H40O8. The van der Waals surface area contributed by atoms with Gasteiger partial charge in [0.2, 0.25) is 0 Å². The van der Waals surface area contributed by atoms with Gasteiger partial charge in [0.25, 0.3) is 0 Å². The Morgan fingerprint density at radius 2 is 0.927 bits per heavy atom. The Labute approximate surface area is 242 Å². The summed E-state index contributed by atoms with van der Waals surface area (Å²) in [5, 5.41) is 8.58. The van der Waals surface area contributed by atoms with Gasteiger partial charge >= 0.3 is 11.9 Å². The Bertz CT molecular complexity index is 1030. The standard InChI is InChI=1S/C33H40O8/c34-31(35)18-10-11-19-32(36)40-26-24-38-22-20-37-21-23-39-25-27-41-33(28-12-4-1-5-13-28,29-14-6-2-7-15-29)30-16-8-3-9-17-30/h1-9,12-17H,10-11,18-27H2,(H,34,35). The zero-order chi connectivity index (χ0) is 29.0. The van der Waals surface area contributed by atoms with Gasteiger partial charge in [0.15, 0.2) is 0 Å². The minimum absolute atomic E-state index is 0.0622. The fraction of sp³-hybridized carbons (Fsp3) is 0.394. The minimum atomic E-state index is -0.859. The molecule has 220 valence electrons. The van der Waals surface area contributed by atoms with Crippen molar-refractivity contribution in [2.24, 2.45) is 0 Å². The summed E-state index contributed by atoms with van der Waals surface area (Å²) in [6.07, 6.45) is 1.24. The third-order valence-electron chi connectivity index (χ3n) is 6.34. The van der Waals surface area contributed by atoms with Crippen molar-refractivity contribution < 1.29 is 38.4 Å². The maximum Gasteiger partial charge on any atom is 0.305 e. The van der Waals surface area contributed by atoms with E-state index >= 15 is 0 Å². The number of carboxylic acids is 1. The highest BCUT2D eigenvalue weighted by Gasteiger charge is 2.37. The molecule has 0 bridgehead atoms. The molecule has 0 aliphatic rings. The van der Waals surface area contributed by atoms with Crippen LogP contribution in [-0.4, -0.2) is 69.9 Å². The Kier molecular flexibility index (Phi) is 14.6. The predicted octanol–water partition coefficient (Wildman–Crippen LogP) is 5.23. The van der Waals surface area contributed by atoms with Crippen molar-refractivity contribution in [3.63, 3.8) is 0 Å². The summed E-state index contributed by atoms with van der Waals surface area (Å²) in [5.41, 5.74) is 2.37. The van der Waals surface area contributed by atoms with Crippen molar-refractivity contribution in [1.29, 1.82) is 0 Å². The first-order chi connectivity index (χ1) is 20.1. The Morgan fingerprint density at radius 3 is 1.37 bits per heavy atom. The first kappa shape index (κ1) is 32.0. The van der Waals surface area contributed by atoms with E-state index in [1.54, 1.807) is 0 Å². The molecule has 0 radical (unpaired) electrons. The molecule has 0 amide bonds. The molecule has 0 atom stereocenters. The molecule has 3 aromatic rings. The van der Waals surface area contributed by atoms with E-state index in [9.17, 15) is 9.59 Å². The highest BCUT2D eigenvalue weighted by molar-refractivity contribution is 5.69. The van der Waals surface area contributed by atoms with Crippen molar-refractivity contribution in [3.05, 3.63) is 108 Å². The molecule has 0 heterocycles. The number of carbonyl (C=O) groups is 2. The van der Waals surface area contributed by atoms with E-state index in [-0.39, 0.29) is 32.0 Å². The van der Waals surface area contributed by atoms with Crippen LogP contribution in [0.1, 0.15) is 42.4 Å². The van der Waals surface area contributed by atoms with Gasteiger partial charge in [0, 0.05) is 12.8 Å². The van der Waals surface area contributed by atoms with Gasteiger partial charge in [0.05, 0.1) is 46.2 Å². The molecule has 3 aromatic carbocycles. The fourth-order valence-corrected chi connectivity index (χ4v) is 4.40. The van der Waals surface area contributed by atoms with Crippen LogP contribution in [0.5, 0.6) is 0 Å². The number of ether oxygens (including phenoxy) is 5. The first-order valence-electron chi connectivity index (χ1n) is 14.0. The maximum absolute atomic E-state index is 11.6. The van der Waals surface area contributed by atoms with Crippen LogP contribution in [0.25, 0.3) is 0 Å². The van der Waals surface area contributed by atoms with Crippen LogP contribution < -0.4 is 0 Å². The van der Waals surface area contributed by atoms with Crippen molar-refractivity contribution in [3.8, 4) is 0 Å². The molecule has 0 aliphatic carbocycles. The molecule has 0 aliphatic heterocycles. The highest BCUT2D eigenvalue weighted by Crippen LogP contribution is 2.40. The molecule has 0 aromatic heterocycles. The number of unbranched alkanes of at least 4 members (excludes halogenated alkanes) is 1. The second-order valence-corrected chi connectivity index (χ2v) is 9.29. The molecule has 8 nitrogen and oxygen atoms in total. The number of hydrogen-bond acceptors (Lipinski definition) is 7. The molecule has 0 spiro atoms. The van der Waals surface area contributed by atoms with E-state index in [1.807, 2.05) is 54.6 Å². The SMILES string of the molecule is O=C(O)CCCCC(=O)OCCOCCOCCOCCOC(c1ccccc1)(c1ccccc1)c1ccccc1. The Balaban J connectivity index is 1.33. The van der Waals surface area contributed by atoms with Crippen LogP contribution in [-0.2, 0) is 38.9 Å². The van der Waals surface area contributed by atoms with Gasteiger partial charge in [-0.15, -0.1) is 0 Å². The van der Waals surface area contributed by atoms with Crippen molar-refractivity contribution in [2.45, 2.75) is 31.3 Å². The van der Waals surface area contributed by atoms with Gasteiger partial charge in [-0.1, -0.05) is 91.0 Å². The molecule has 0 saturated heterocycles. The molecule has 0 unspecified atom stereocenters. The summed E-state index contributed by atoms with van der Waals surface area (Å²) in [4.78, 5) is 22.0. The first-order valence-corrected chi connectivity index (χ1v) is 14.0. The highest BCUT2D eigenvalue weighted by atomic mass is 16.6. The van der Waals surface area contributed by atoms with Gasteiger partial charge < -0.3 is 28.8 Å². The van der Waals surface area contributed by atoms with Crippen LogP contribution in [0, 0.1) is 0 Å². The number of hydrogen-bond donors (Lipinski definition) is 1. The van der Waals surface area contributed by atoms with Gasteiger partial charge in [-0.05, 0) is 29.5 Å². The summed E-state index contributed by atoms with van der Waals surface area (Å²) < 4.78 is 28.5. The molecule has 0 saturated carbocycles. The van der Waals surface area contributed by atoms with E-state index in [0.29, 0.717) is 52.5 Å². The van der Waals surface area contributed by atoms with Crippen LogP contribution in [0.3, 0.4) is 0 Å². The van der Waals surface area contributed by atoms with E-state index in [1.165, 1.54) is 0 Å². The second-order valence-electron chi connectivity index (χ2n) is 9.29. The lowest BCUT2D eigenvalue weighted by Crippen LogP contribution is -2.34. The van der Waals surface area contributed by atoms with E-state index in [0.717, 1.165) is 16.7 Å². The number of aliphatic carboxylic acids is 1. The van der Waals surface area contributed by atoms with Crippen molar-refractivity contribution >= 4 is 11.9 Å². The monoisotopic (exact) mass is 564 g/mol. The number of rotatable bonds is 21. The van der Waals surface area contributed by atoms with Gasteiger partial charge in [-0.3, -0.25) is 9.59 Å². The second kappa shape index (κ2) is 18.7. The molecular weight excluding hydrogens is 524 g/mol. The van der Waals surface area contributed by atoms with E-state index in [2.05, 4.69) is 36.4 Å². The lowest BCUT2D eigenvalue weighted by molar-refractivity contribution is -0.146. The zero-order valence-electron chi connectivity index (χ0n) is 23.5. The molecule has 3 rings (SSSR count). The van der Waals surface area contributed by atoms with Gasteiger partial charge in [-0.2, -0.15) is 0 Å². The lowest BCUT2D eigenvalue weighted by Gasteiger charge is -2.36. The summed E-state index contributed by atoms with van der Waals surface area (Å²) in [7, 11) is 0. The van der Waals surface area contributed by atoms with E-state index in [4.69, 9.17) is 28.8 Å². The fourth-order valence-electron chi connectivity index (χ4n) is 4.40. The quantitative estimate of drug-likeness (QED) is 0.107. The Hall–Kier alpha value is -3.56. The van der Waals surface area contributed by atoms with E-state index < -0.39 is 11.6 Å². The number of esters is 1. The summed E-state index contributed by atoms with van der Waals surface area (Å²) in [5.74, 6) is -1.20. The molecule has 0 fully saturated rings. The maximum atomic E-state index is 11.6. The zero-order valence-corrected chi connectivity index (χ0v) is 23.5. The Morgan fingerprint density at radius 1 is 0.537 bits per heavy atom. The lowest BCUT2D eigenvalue weighted by atomic mass is 9.80. The number of benzene rings is 3. The van der Waals surface area contributed by atoms with Crippen molar-refractivity contribution in [2.75, 3.05) is 52.9 Å². The third-order valence-corrected chi connectivity index (χ3v) is 6.34. The minimum Gasteiger partial charge on any atom is -0.481 e. The van der Waals surface area contributed by atoms with Gasteiger partial charge in [0.1, 0.15) is 12.2 Å². The normalized spacial score (nSPS) is 11.3. The summed E-state index contributed by atoms with van der Waals surface area (Å²) in [6, 6.07) is 30.7. The number of carboxylic acid groups (broad SMARTS) is 1. The molecule has 1 N–H and O–H groups in total. The van der Waals surface area contributed by atoms with Crippen molar-refractivity contribution in [1.82, 2.24) is 0 Å². The van der Waals surface area contributed by atoms with Gasteiger partial charge in [-0.25, -0.2) is 0 Å². The third kappa shape index (κ3) is 11.1. The average Bonchev–Trinajstić information content (AvgIpc) is 3.01. The summed E-state index contributed by atoms with van der Waals surface area (Å²) >= 11 is 0. The molecule has 41 heavy (non-hydrogen) atoms. The topological polar surface area (TPSA) is 101 Å². The largest absolute Gasteiger partial charge is 0.481 e. The summed E-state index contributed by atoms with van der Waals surface area (Å²) in [6.45, 7) is 2.89. The molecule has 8 heteroatoms.